The summed E-state index contributed by atoms with van der Waals surface area (Å²) in [7, 11) is 0. The third-order valence-electron chi connectivity index (χ3n) is 3.86. The SMILES string of the molecule is CS[C@@H]([C@@H]1CCCN1)[C@@H](C)C(=O)OCc1ccccc1. The van der Waals surface area contributed by atoms with Gasteiger partial charge in [0.15, 0.2) is 0 Å². The number of carbonyl (C=O) groups is 1. The highest BCUT2D eigenvalue weighted by molar-refractivity contribution is 7.99. The van der Waals surface area contributed by atoms with E-state index < -0.39 is 0 Å². The molecule has 1 aromatic rings. The summed E-state index contributed by atoms with van der Waals surface area (Å²) in [4.78, 5) is 12.2. The van der Waals surface area contributed by atoms with Crippen molar-refractivity contribution in [1.82, 2.24) is 5.32 Å². The predicted octanol–water partition coefficient (Wildman–Crippen LogP) is 2.85. The summed E-state index contributed by atoms with van der Waals surface area (Å²) in [6.07, 6.45) is 4.43. The van der Waals surface area contributed by atoms with Crippen LogP contribution >= 0.6 is 11.8 Å². The van der Waals surface area contributed by atoms with Crippen LogP contribution in [-0.2, 0) is 16.1 Å². The monoisotopic (exact) mass is 293 g/mol. The van der Waals surface area contributed by atoms with Crippen molar-refractivity contribution >= 4 is 17.7 Å². The zero-order valence-electron chi connectivity index (χ0n) is 12.2. The maximum absolute atomic E-state index is 12.2. The molecule has 110 valence electrons. The van der Waals surface area contributed by atoms with E-state index in [0.717, 1.165) is 18.5 Å². The van der Waals surface area contributed by atoms with Crippen molar-refractivity contribution in [3.8, 4) is 0 Å². The lowest BCUT2D eigenvalue weighted by atomic mass is 10.00. The van der Waals surface area contributed by atoms with Crippen LogP contribution in [0.15, 0.2) is 30.3 Å². The fourth-order valence-corrected chi connectivity index (χ4v) is 3.78. The van der Waals surface area contributed by atoms with E-state index in [0.29, 0.717) is 17.9 Å². The molecular formula is C16H23NO2S. The standard InChI is InChI=1S/C16H23NO2S/c1-12(15(20-2)14-9-6-10-17-14)16(18)19-11-13-7-4-3-5-8-13/h3-5,7-8,12,14-15,17H,6,9-11H2,1-2H3/t12-,14+,15-/m1/s1. The Labute approximate surface area is 125 Å². The summed E-state index contributed by atoms with van der Waals surface area (Å²) in [6, 6.07) is 10.3. The molecule has 20 heavy (non-hydrogen) atoms. The number of thioether (sulfide) groups is 1. The van der Waals surface area contributed by atoms with E-state index in [1.165, 1.54) is 6.42 Å². The van der Waals surface area contributed by atoms with Crippen LogP contribution in [0, 0.1) is 5.92 Å². The maximum Gasteiger partial charge on any atom is 0.310 e. The highest BCUT2D eigenvalue weighted by Crippen LogP contribution is 2.26. The van der Waals surface area contributed by atoms with Crippen molar-refractivity contribution in [3.63, 3.8) is 0 Å². The molecule has 0 unspecified atom stereocenters. The Morgan fingerprint density at radius 2 is 2.20 bits per heavy atom. The first-order valence-corrected chi connectivity index (χ1v) is 8.48. The lowest BCUT2D eigenvalue weighted by molar-refractivity contribution is -0.149. The second kappa shape index (κ2) is 7.70. The Morgan fingerprint density at radius 3 is 2.80 bits per heavy atom. The van der Waals surface area contributed by atoms with Gasteiger partial charge >= 0.3 is 5.97 Å². The molecule has 1 N–H and O–H groups in total. The molecule has 3 nitrogen and oxygen atoms in total. The first kappa shape index (κ1) is 15.4. The van der Waals surface area contributed by atoms with E-state index in [1.54, 1.807) is 11.8 Å². The van der Waals surface area contributed by atoms with E-state index in [4.69, 9.17) is 4.74 Å². The molecule has 0 saturated carbocycles. The number of hydrogen-bond donors (Lipinski definition) is 1. The quantitative estimate of drug-likeness (QED) is 0.819. The zero-order valence-corrected chi connectivity index (χ0v) is 13.0. The molecule has 0 bridgehead atoms. The average molecular weight is 293 g/mol. The molecule has 1 saturated heterocycles. The van der Waals surface area contributed by atoms with Gasteiger partial charge < -0.3 is 10.1 Å². The summed E-state index contributed by atoms with van der Waals surface area (Å²) < 4.78 is 5.45. The Kier molecular flexibility index (Phi) is 5.92. The molecule has 0 amide bonds. The molecule has 3 atom stereocenters. The number of rotatable bonds is 6. The lowest BCUT2D eigenvalue weighted by Gasteiger charge is -2.26. The molecule has 0 radical (unpaired) electrons. The van der Waals surface area contributed by atoms with Gasteiger partial charge in [0.25, 0.3) is 0 Å². The highest BCUT2D eigenvalue weighted by atomic mass is 32.2. The summed E-state index contributed by atoms with van der Waals surface area (Å²) >= 11 is 1.76. The Balaban J connectivity index is 1.86. The van der Waals surface area contributed by atoms with Gasteiger partial charge in [-0.1, -0.05) is 37.3 Å². The molecule has 1 aromatic carbocycles. The minimum atomic E-state index is -0.0955. The van der Waals surface area contributed by atoms with Crippen molar-refractivity contribution in [2.45, 2.75) is 37.7 Å². The lowest BCUT2D eigenvalue weighted by Crippen LogP contribution is -2.40. The second-order valence-electron chi connectivity index (χ2n) is 5.29. The van der Waals surface area contributed by atoms with Crippen LogP contribution in [0.2, 0.25) is 0 Å². The zero-order chi connectivity index (χ0) is 14.4. The van der Waals surface area contributed by atoms with Crippen LogP contribution in [0.4, 0.5) is 0 Å². The fraction of sp³-hybridized carbons (Fsp3) is 0.562. The molecule has 0 spiro atoms. The van der Waals surface area contributed by atoms with Crippen LogP contribution in [-0.4, -0.2) is 30.1 Å². The first-order valence-electron chi connectivity index (χ1n) is 7.19. The molecule has 1 heterocycles. The molecule has 4 heteroatoms. The molecule has 0 aromatic heterocycles. The third-order valence-corrected chi connectivity index (χ3v) is 5.14. The number of carbonyl (C=O) groups excluding carboxylic acids is 1. The van der Waals surface area contributed by atoms with Crippen LogP contribution in [0.25, 0.3) is 0 Å². The van der Waals surface area contributed by atoms with Gasteiger partial charge in [0.05, 0.1) is 5.92 Å². The number of esters is 1. The normalized spacial score (nSPS) is 21.4. The molecule has 0 aliphatic carbocycles. The first-order chi connectivity index (χ1) is 9.72. The second-order valence-corrected chi connectivity index (χ2v) is 6.30. The average Bonchev–Trinajstić information content (AvgIpc) is 3.00. The van der Waals surface area contributed by atoms with E-state index in [-0.39, 0.29) is 11.9 Å². The minimum absolute atomic E-state index is 0.0793. The van der Waals surface area contributed by atoms with Crippen molar-refractivity contribution in [2.75, 3.05) is 12.8 Å². The third kappa shape index (κ3) is 4.00. The van der Waals surface area contributed by atoms with Gasteiger partial charge in [-0.3, -0.25) is 4.79 Å². The van der Waals surface area contributed by atoms with Gasteiger partial charge in [-0.15, -0.1) is 0 Å². The molecule has 1 aliphatic heterocycles. The van der Waals surface area contributed by atoms with Gasteiger partial charge in [-0.25, -0.2) is 0 Å². The van der Waals surface area contributed by atoms with Gasteiger partial charge in [-0.05, 0) is 31.2 Å². The fourth-order valence-electron chi connectivity index (χ4n) is 2.70. The summed E-state index contributed by atoms with van der Waals surface area (Å²) in [5.41, 5.74) is 1.03. The Bertz CT molecular complexity index is 418. The van der Waals surface area contributed by atoms with Crippen LogP contribution in [0.5, 0.6) is 0 Å². The van der Waals surface area contributed by atoms with Gasteiger partial charge in [0, 0.05) is 11.3 Å². The van der Waals surface area contributed by atoms with Gasteiger partial charge in [-0.2, -0.15) is 11.8 Å². The van der Waals surface area contributed by atoms with E-state index in [1.807, 2.05) is 37.3 Å². The largest absolute Gasteiger partial charge is 0.461 e. The van der Waals surface area contributed by atoms with E-state index in [9.17, 15) is 4.79 Å². The van der Waals surface area contributed by atoms with Crippen molar-refractivity contribution < 1.29 is 9.53 Å². The number of nitrogens with one attached hydrogen (secondary N) is 1. The summed E-state index contributed by atoms with van der Waals surface area (Å²) in [5, 5.41) is 3.78. The van der Waals surface area contributed by atoms with E-state index >= 15 is 0 Å². The number of benzene rings is 1. The minimum Gasteiger partial charge on any atom is -0.461 e. The highest BCUT2D eigenvalue weighted by Gasteiger charge is 2.33. The Hall–Kier alpha value is -1.00. The molecule has 2 rings (SSSR count). The van der Waals surface area contributed by atoms with Gasteiger partial charge in [0.1, 0.15) is 6.61 Å². The topological polar surface area (TPSA) is 38.3 Å². The van der Waals surface area contributed by atoms with Crippen LogP contribution < -0.4 is 5.32 Å². The van der Waals surface area contributed by atoms with E-state index in [2.05, 4.69) is 11.6 Å². The summed E-state index contributed by atoms with van der Waals surface area (Å²) in [6.45, 7) is 3.41. The van der Waals surface area contributed by atoms with Crippen molar-refractivity contribution in [2.24, 2.45) is 5.92 Å². The summed E-state index contributed by atoms with van der Waals surface area (Å²) in [5.74, 6) is -0.175. The molecule has 1 aliphatic rings. The number of ether oxygens (including phenoxy) is 1. The van der Waals surface area contributed by atoms with Crippen LogP contribution in [0.3, 0.4) is 0 Å². The molecular weight excluding hydrogens is 270 g/mol. The van der Waals surface area contributed by atoms with Crippen LogP contribution in [0.1, 0.15) is 25.3 Å². The predicted molar refractivity (Wildman–Crippen MR) is 83.7 cm³/mol. The van der Waals surface area contributed by atoms with Gasteiger partial charge in [0.2, 0.25) is 0 Å². The van der Waals surface area contributed by atoms with Crippen molar-refractivity contribution in [1.29, 1.82) is 0 Å². The Morgan fingerprint density at radius 1 is 1.45 bits per heavy atom. The molecule has 1 fully saturated rings. The van der Waals surface area contributed by atoms with Crippen molar-refractivity contribution in [3.05, 3.63) is 35.9 Å². The smallest absolute Gasteiger partial charge is 0.310 e. The maximum atomic E-state index is 12.2. The number of hydrogen-bond acceptors (Lipinski definition) is 4.